The van der Waals surface area contributed by atoms with Crippen LogP contribution in [0.2, 0.25) is 0 Å². The van der Waals surface area contributed by atoms with Crippen molar-refractivity contribution in [2.24, 2.45) is 0 Å². The molecule has 2 heterocycles. The van der Waals surface area contributed by atoms with E-state index in [2.05, 4.69) is 4.98 Å². The van der Waals surface area contributed by atoms with E-state index in [1.807, 2.05) is 27.7 Å². The largest absolute Gasteiger partial charge is 0.315 e. The molecular formula is C20H22N4O4S2. The maximum atomic E-state index is 13.1. The van der Waals surface area contributed by atoms with Crippen molar-refractivity contribution in [3.63, 3.8) is 0 Å². The minimum atomic E-state index is -0.484. The lowest BCUT2D eigenvalue weighted by Crippen LogP contribution is -2.29. The molecular weight excluding hydrogens is 424 g/mol. The van der Waals surface area contributed by atoms with Crippen molar-refractivity contribution < 1.29 is 9.72 Å². The van der Waals surface area contributed by atoms with Crippen molar-refractivity contribution >= 4 is 50.6 Å². The third kappa shape index (κ3) is 4.10. The zero-order valence-electron chi connectivity index (χ0n) is 17.3. The number of aryl methyl sites for hydroxylation is 2. The number of thioether (sulfide) groups is 1. The van der Waals surface area contributed by atoms with E-state index in [9.17, 15) is 19.7 Å². The zero-order valence-corrected chi connectivity index (χ0v) is 19.0. The van der Waals surface area contributed by atoms with Gasteiger partial charge in [-0.2, -0.15) is 0 Å². The summed E-state index contributed by atoms with van der Waals surface area (Å²) in [6, 6.07) is 5.69. The Kier molecular flexibility index (Phi) is 6.27. The van der Waals surface area contributed by atoms with Crippen LogP contribution in [-0.4, -0.2) is 33.2 Å². The molecule has 3 aromatic rings. The molecule has 0 saturated carbocycles. The number of nitro groups is 1. The maximum Gasteiger partial charge on any atom is 0.269 e. The van der Waals surface area contributed by atoms with Gasteiger partial charge in [0.2, 0.25) is 5.91 Å². The summed E-state index contributed by atoms with van der Waals surface area (Å²) < 4.78 is 1.63. The van der Waals surface area contributed by atoms with Crippen molar-refractivity contribution in [2.45, 2.75) is 38.9 Å². The van der Waals surface area contributed by atoms with E-state index in [1.54, 1.807) is 11.6 Å². The number of aromatic nitrogens is 2. The summed E-state index contributed by atoms with van der Waals surface area (Å²) in [6.07, 6.45) is 0. The van der Waals surface area contributed by atoms with E-state index in [0.29, 0.717) is 21.1 Å². The smallest absolute Gasteiger partial charge is 0.269 e. The third-order valence-electron chi connectivity index (χ3n) is 4.87. The molecule has 0 N–H and O–H groups in total. The number of nitrogens with zero attached hydrogens (tertiary/aromatic N) is 4. The number of rotatable bonds is 6. The summed E-state index contributed by atoms with van der Waals surface area (Å²) in [6.45, 7) is 7.73. The minimum absolute atomic E-state index is 0.0334. The van der Waals surface area contributed by atoms with Gasteiger partial charge < -0.3 is 4.90 Å². The number of benzene rings is 1. The number of hydrogen-bond acceptors (Lipinski definition) is 7. The number of fused-ring (bicyclic) bond motifs is 1. The molecule has 2 aromatic heterocycles. The van der Waals surface area contributed by atoms with Crippen molar-refractivity contribution in [2.75, 3.05) is 17.7 Å². The molecule has 1 aromatic carbocycles. The van der Waals surface area contributed by atoms with Crippen LogP contribution in [-0.2, 0) is 4.79 Å². The highest BCUT2D eigenvalue weighted by Crippen LogP contribution is 2.29. The van der Waals surface area contributed by atoms with Crippen LogP contribution in [0.25, 0.3) is 10.2 Å². The van der Waals surface area contributed by atoms with Crippen LogP contribution < -0.4 is 10.5 Å². The molecule has 1 amide bonds. The molecule has 0 atom stereocenters. The summed E-state index contributed by atoms with van der Waals surface area (Å²) in [5.74, 6) is -0.112. The SMILES string of the molecule is Cc1sc2nc(SCC(=O)N(C)c3ccc([N+](=O)[O-])cc3)n(C(C)C)c(=O)c2c1C. The molecule has 0 unspecified atom stereocenters. The van der Waals surface area contributed by atoms with Gasteiger partial charge in [-0.1, -0.05) is 11.8 Å². The van der Waals surface area contributed by atoms with E-state index in [4.69, 9.17) is 0 Å². The molecule has 0 bridgehead atoms. The van der Waals surface area contributed by atoms with E-state index >= 15 is 0 Å². The number of non-ortho nitro benzene ring substituents is 1. The second kappa shape index (κ2) is 8.57. The quantitative estimate of drug-likeness (QED) is 0.242. The Morgan fingerprint density at radius 3 is 2.50 bits per heavy atom. The molecule has 158 valence electrons. The molecule has 30 heavy (non-hydrogen) atoms. The van der Waals surface area contributed by atoms with Crippen molar-refractivity contribution in [1.29, 1.82) is 0 Å². The first-order valence-corrected chi connectivity index (χ1v) is 11.1. The highest BCUT2D eigenvalue weighted by Gasteiger charge is 2.20. The van der Waals surface area contributed by atoms with Gasteiger partial charge in [-0.05, 0) is 45.4 Å². The van der Waals surface area contributed by atoms with Gasteiger partial charge in [0.05, 0.1) is 16.1 Å². The van der Waals surface area contributed by atoms with Crippen LogP contribution in [0.3, 0.4) is 0 Å². The summed E-state index contributed by atoms with van der Waals surface area (Å²) in [4.78, 5) is 43.9. The first-order chi connectivity index (χ1) is 14.1. The van der Waals surface area contributed by atoms with Crippen LogP contribution in [0.1, 0.15) is 30.3 Å². The Morgan fingerprint density at radius 1 is 1.30 bits per heavy atom. The fraction of sp³-hybridized carbons (Fsp3) is 0.350. The van der Waals surface area contributed by atoms with Gasteiger partial charge >= 0.3 is 0 Å². The first-order valence-electron chi connectivity index (χ1n) is 9.27. The van der Waals surface area contributed by atoms with Gasteiger partial charge in [0.1, 0.15) is 4.83 Å². The third-order valence-corrected chi connectivity index (χ3v) is 6.90. The number of thiophene rings is 1. The topological polar surface area (TPSA) is 98.3 Å². The number of carbonyl (C=O) groups excluding carboxylic acids is 1. The lowest BCUT2D eigenvalue weighted by Gasteiger charge is -2.18. The van der Waals surface area contributed by atoms with Gasteiger partial charge in [-0.3, -0.25) is 24.3 Å². The van der Waals surface area contributed by atoms with E-state index in [-0.39, 0.29) is 28.9 Å². The average Bonchev–Trinajstić information content (AvgIpc) is 2.99. The summed E-state index contributed by atoms with van der Waals surface area (Å²) in [5, 5.41) is 11.9. The molecule has 0 fully saturated rings. The molecule has 8 nitrogen and oxygen atoms in total. The monoisotopic (exact) mass is 446 g/mol. The average molecular weight is 447 g/mol. The van der Waals surface area contributed by atoms with Gasteiger partial charge in [0.25, 0.3) is 11.2 Å². The number of hydrogen-bond donors (Lipinski definition) is 0. The molecule has 0 aliphatic rings. The second-order valence-corrected chi connectivity index (χ2v) is 9.29. The second-order valence-electron chi connectivity index (χ2n) is 7.14. The molecule has 0 aliphatic carbocycles. The van der Waals surface area contributed by atoms with Gasteiger partial charge in [0, 0.05) is 35.8 Å². The van der Waals surface area contributed by atoms with Crippen LogP contribution in [0, 0.1) is 24.0 Å². The normalized spacial score (nSPS) is 11.3. The van der Waals surface area contributed by atoms with Crippen molar-refractivity contribution in [3.8, 4) is 0 Å². The Labute approximate surface area is 181 Å². The maximum absolute atomic E-state index is 13.1. The molecule has 10 heteroatoms. The highest BCUT2D eigenvalue weighted by molar-refractivity contribution is 7.99. The standard InChI is InChI=1S/C20H22N4O4S2/c1-11(2)23-19(26)17-12(3)13(4)30-18(17)21-20(23)29-10-16(25)22(5)14-6-8-15(9-7-14)24(27)28/h6-9,11H,10H2,1-5H3. The molecule has 0 aliphatic heterocycles. The van der Waals surface area contributed by atoms with Crippen molar-refractivity contribution in [3.05, 3.63) is 55.2 Å². The molecule has 0 saturated heterocycles. The van der Waals surface area contributed by atoms with Gasteiger partial charge in [0.15, 0.2) is 5.16 Å². The van der Waals surface area contributed by atoms with Gasteiger partial charge in [-0.15, -0.1) is 11.3 Å². The van der Waals surface area contributed by atoms with Crippen LogP contribution in [0.5, 0.6) is 0 Å². The van der Waals surface area contributed by atoms with E-state index in [1.165, 1.54) is 52.3 Å². The predicted molar refractivity (Wildman–Crippen MR) is 121 cm³/mol. The molecule has 0 radical (unpaired) electrons. The summed E-state index contributed by atoms with van der Waals surface area (Å²) >= 11 is 2.70. The molecule has 0 spiro atoms. The number of anilines is 1. The fourth-order valence-corrected chi connectivity index (χ4v) is 5.12. The highest BCUT2D eigenvalue weighted by atomic mass is 32.2. The van der Waals surface area contributed by atoms with Crippen LogP contribution in [0.4, 0.5) is 11.4 Å². The zero-order chi connectivity index (χ0) is 22.2. The van der Waals surface area contributed by atoms with Gasteiger partial charge in [-0.25, -0.2) is 4.98 Å². The number of amides is 1. The number of carbonyl (C=O) groups is 1. The molecule has 3 rings (SSSR count). The minimum Gasteiger partial charge on any atom is -0.315 e. The predicted octanol–water partition coefficient (Wildman–Crippen LogP) is 4.32. The Hall–Kier alpha value is -2.72. The van der Waals surface area contributed by atoms with Crippen LogP contribution >= 0.6 is 23.1 Å². The Bertz CT molecular complexity index is 1180. The number of nitro benzene ring substituents is 1. The lowest BCUT2D eigenvalue weighted by molar-refractivity contribution is -0.384. The Morgan fingerprint density at radius 2 is 1.93 bits per heavy atom. The van der Waals surface area contributed by atoms with E-state index < -0.39 is 4.92 Å². The first kappa shape index (κ1) is 22.0. The van der Waals surface area contributed by atoms with E-state index in [0.717, 1.165) is 10.4 Å². The van der Waals surface area contributed by atoms with Crippen molar-refractivity contribution in [1.82, 2.24) is 9.55 Å². The Balaban J connectivity index is 1.85. The lowest BCUT2D eigenvalue weighted by atomic mass is 10.2. The fourth-order valence-electron chi connectivity index (χ4n) is 3.01. The summed E-state index contributed by atoms with van der Waals surface area (Å²) in [5.41, 5.74) is 1.39. The summed E-state index contributed by atoms with van der Waals surface area (Å²) in [7, 11) is 1.61. The van der Waals surface area contributed by atoms with Crippen LogP contribution in [0.15, 0.2) is 34.2 Å².